The molecule has 12 nitrogen and oxygen atoms in total. The third kappa shape index (κ3) is 4.87. The first-order valence-electron chi connectivity index (χ1n) is 7.83. The molecule has 148 valence electrons. The second kappa shape index (κ2) is 8.55. The van der Waals surface area contributed by atoms with E-state index in [1.165, 1.54) is 19.4 Å². The second-order valence-electron chi connectivity index (χ2n) is 5.79. The van der Waals surface area contributed by atoms with Gasteiger partial charge in [-0.1, -0.05) is 0 Å². The van der Waals surface area contributed by atoms with E-state index < -0.39 is 44.2 Å². The molecule has 0 bridgehead atoms. The zero-order chi connectivity index (χ0) is 19.5. The minimum absolute atomic E-state index is 0.0148. The number of ether oxygens (including phenoxy) is 2. The lowest BCUT2D eigenvalue weighted by atomic mass is 10.0. The second-order valence-corrected chi connectivity index (χ2v) is 6.98. The molecular weight excluding hydrogens is 371 g/mol. The summed E-state index contributed by atoms with van der Waals surface area (Å²) in [5.41, 5.74) is 10.2. The molecule has 1 saturated heterocycles. The molecular formula is C13H23N4O8P. The van der Waals surface area contributed by atoms with Crippen molar-refractivity contribution >= 4 is 13.6 Å². The van der Waals surface area contributed by atoms with Gasteiger partial charge >= 0.3 is 13.5 Å². The topological polar surface area (TPSA) is 192 Å². The Labute approximate surface area is 148 Å². The van der Waals surface area contributed by atoms with Crippen molar-refractivity contribution in [2.24, 2.45) is 5.73 Å². The highest BCUT2D eigenvalue weighted by molar-refractivity contribution is 7.46. The number of anilines is 1. The van der Waals surface area contributed by atoms with Crippen molar-refractivity contribution in [3.05, 3.63) is 22.7 Å². The van der Waals surface area contributed by atoms with Gasteiger partial charge in [-0.3, -0.25) is 9.09 Å². The Hall–Kier alpha value is -1.37. The SMILES string of the molecule is CO[C@@H]1[C@H](O)[C@@H]([C@H](CCCN)OP(=O)(O)O)O[C@H]1n1ccc(N)nc1=O. The summed E-state index contributed by atoms with van der Waals surface area (Å²) in [5, 5.41) is 10.5. The van der Waals surface area contributed by atoms with Crippen LogP contribution in [0.15, 0.2) is 17.1 Å². The first kappa shape index (κ1) is 20.9. The summed E-state index contributed by atoms with van der Waals surface area (Å²) in [4.78, 5) is 33.9. The number of nitrogens with zero attached hydrogens (tertiary/aromatic N) is 2. The van der Waals surface area contributed by atoms with E-state index in [9.17, 15) is 14.5 Å². The average Bonchev–Trinajstić information content (AvgIpc) is 2.86. The van der Waals surface area contributed by atoms with E-state index in [-0.39, 0.29) is 18.8 Å². The molecule has 26 heavy (non-hydrogen) atoms. The first-order chi connectivity index (χ1) is 12.2. The van der Waals surface area contributed by atoms with Gasteiger partial charge in [0.15, 0.2) is 6.23 Å². The number of hydrogen-bond acceptors (Lipinski definition) is 9. The van der Waals surface area contributed by atoms with Crippen molar-refractivity contribution in [2.75, 3.05) is 19.4 Å². The molecule has 1 fully saturated rings. The van der Waals surface area contributed by atoms with Crippen LogP contribution in [0.2, 0.25) is 0 Å². The van der Waals surface area contributed by atoms with Gasteiger partial charge in [0.1, 0.15) is 24.1 Å². The average molecular weight is 394 g/mol. The number of aliphatic hydroxyl groups excluding tert-OH is 1. The van der Waals surface area contributed by atoms with E-state index in [1.54, 1.807) is 0 Å². The van der Waals surface area contributed by atoms with Crippen LogP contribution in [0.5, 0.6) is 0 Å². The number of phosphoric acid groups is 1. The van der Waals surface area contributed by atoms with Gasteiger partial charge in [0, 0.05) is 13.3 Å². The van der Waals surface area contributed by atoms with Gasteiger partial charge in [-0.2, -0.15) is 4.98 Å². The Morgan fingerprint density at radius 3 is 2.73 bits per heavy atom. The molecule has 1 aliphatic heterocycles. The molecule has 0 aromatic carbocycles. The van der Waals surface area contributed by atoms with Crippen LogP contribution in [-0.4, -0.2) is 62.5 Å². The molecule has 13 heteroatoms. The molecule has 0 saturated carbocycles. The molecule has 1 aliphatic rings. The zero-order valence-electron chi connectivity index (χ0n) is 14.0. The minimum Gasteiger partial charge on any atom is -0.387 e. The van der Waals surface area contributed by atoms with Crippen LogP contribution < -0.4 is 17.2 Å². The van der Waals surface area contributed by atoms with Crippen LogP contribution in [0.1, 0.15) is 19.1 Å². The van der Waals surface area contributed by atoms with E-state index >= 15 is 0 Å². The summed E-state index contributed by atoms with van der Waals surface area (Å²) >= 11 is 0. The Kier molecular flexibility index (Phi) is 6.88. The summed E-state index contributed by atoms with van der Waals surface area (Å²) < 4.78 is 28.0. The van der Waals surface area contributed by atoms with Crippen LogP contribution in [0.25, 0.3) is 0 Å². The number of nitrogens with two attached hydrogens (primary N) is 2. The summed E-state index contributed by atoms with van der Waals surface area (Å²) in [6, 6.07) is 1.37. The molecule has 5 atom stereocenters. The van der Waals surface area contributed by atoms with Gasteiger partial charge in [0.05, 0.1) is 6.10 Å². The molecule has 2 heterocycles. The van der Waals surface area contributed by atoms with E-state index in [0.717, 1.165) is 4.57 Å². The van der Waals surface area contributed by atoms with Crippen LogP contribution in [0.3, 0.4) is 0 Å². The summed E-state index contributed by atoms with van der Waals surface area (Å²) in [5.74, 6) is 0.0148. The van der Waals surface area contributed by atoms with Gasteiger partial charge in [0.25, 0.3) is 0 Å². The van der Waals surface area contributed by atoms with E-state index in [1.807, 2.05) is 0 Å². The molecule has 0 aliphatic carbocycles. The van der Waals surface area contributed by atoms with Crippen molar-refractivity contribution in [1.29, 1.82) is 0 Å². The molecule has 7 N–H and O–H groups in total. The van der Waals surface area contributed by atoms with Crippen molar-refractivity contribution < 1.29 is 33.5 Å². The van der Waals surface area contributed by atoms with Gasteiger partial charge < -0.3 is 35.8 Å². The predicted octanol–water partition coefficient (Wildman–Crippen LogP) is -1.68. The maximum atomic E-state index is 12.1. The number of nitrogen functional groups attached to an aromatic ring is 1. The number of phosphoric ester groups is 1. The summed E-state index contributed by atoms with van der Waals surface area (Å²) in [7, 11) is -3.54. The lowest BCUT2D eigenvalue weighted by Gasteiger charge is -2.26. The van der Waals surface area contributed by atoms with Gasteiger partial charge in [-0.15, -0.1) is 0 Å². The molecule has 0 radical (unpaired) electrons. The van der Waals surface area contributed by atoms with Crippen LogP contribution in [0.4, 0.5) is 5.82 Å². The third-order valence-electron chi connectivity index (χ3n) is 3.98. The van der Waals surface area contributed by atoms with Gasteiger partial charge in [0.2, 0.25) is 0 Å². The van der Waals surface area contributed by atoms with E-state index in [2.05, 4.69) is 4.98 Å². The van der Waals surface area contributed by atoms with Crippen molar-refractivity contribution in [1.82, 2.24) is 9.55 Å². The first-order valence-corrected chi connectivity index (χ1v) is 9.36. The molecule has 2 rings (SSSR count). The maximum Gasteiger partial charge on any atom is 0.469 e. The highest BCUT2D eigenvalue weighted by Crippen LogP contribution is 2.43. The highest BCUT2D eigenvalue weighted by atomic mass is 31.2. The normalized spacial score (nSPS) is 27.6. The quantitative estimate of drug-likeness (QED) is 0.316. The fourth-order valence-electron chi connectivity index (χ4n) is 2.85. The third-order valence-corrected chi connectivity index (χ3v) is 4.53. The largest absolute Gasteiger partial charge is 0.469 e. The lowest BCUT2D eigenvalue weighted by molar-refractivity contribution is -0.0871. The van der Waals surface area contributed by atoms with Crippen molar-refractivity contribution in [3.8, 4) is 0 Å². The van der Waals surface area contributed by atoms with Gasteiger partial charge in [-0.05, 0) is 25.5 Å². The minimum atomic E-state index is -4.85. The maximum absolute atomic E-state index is 12.1. The van der Waals surface area contributed by atoms with Crippen LogP contribution >= 0.6 is 7.82 Å². The van der Waals surface area contributed by atoms with Crippen LogP contribution in [-0.2, 0) is 18.6 Å². The smallest absolute Gasteiger partial charge is 0.387 e. The highest BCUT2D eigenvalue weighted by Gasteiger charge is 2.50. The number of aromatic nitrogens is 2. The Morgan fingerprint density at radius 1 is 1.50 bits per heavy atom. The van der Waals surface area contributed by atoms with Crippen molar-refractivity contribution in [2.45, 2.75) is 43.5 Å². The number of rotatable bonds is 8. The van der Waals surface area contributed by atoms with E-state index in [4.69, 9.17) is 35.3 Å². The number of hydrogen-bond donors (Lipinski definition) is 5. The fourth-order valence-corrected chi connectivity index (χ4v) is 3.43. The monoisotopic (exact) mass is 394 g/mol. The van der Waals surface area contributed by atoms with Gasteiger partial charge in [-0.25, -0.2) is 9.36 Å². The summed E-state index contributed by atoms with van der Waals surface area (Å²) in [6.45, 7) is 0.252. The van der Waals surface area contributed by atoms with Crippen molar-refractivity contribution in [3.63, 3.8) is 0 Å². The van der Waals surface area contributed by atoms with E-state index in [0.29, 0.717) is 6.42 Å². The molecule has 0 unspecified atom stereocenters. The Balaban J connectivity index is 2.31. The Morgan fingerprint density at radius 2 is 2.19 bits per heavy atom. The van der Waals surface area contributed by atoms with Crippen LogP contribution in [0, 0.1) is 0 Å². The molecule has 1 aromatic heterocycles. The Bertz CT molecular complexity index is 710. The number of aliphatic hydroxyl groups is 1. The fraction of sp³-hybridized carbons (Fsp3) is 0.692. The summed E-state index contributed by atoms with van der Waals surface area (Å²) in [6.07, 6.45) is -3.88. The number of methoxy groups -OCH3 is 1. The standard InChI is InChI=1S/C13H23N4O8P/c1-23-11-9(18)10(7(3-2-5-14)25-26(20,21)22)24-12(11)17-6-4-8(15)16-13(17)19/h4,6-7,9-12,18H,2-3,5,14H2,1H3,(H2,15,16,19)(H2,20,21,22)/t7-,9+,10+,11+,12+/m0/s1. The molecule has 0 spiro atoms. The molecule has 0 amide bonds. The predicted molar refractivity (Wildman–Crippen MR) is 88.8 cm³/mol. The zero-order valence-corrected chi connectivity index (χ0v) is 14.9. The molecule has 1 aromatic rings. The lowest BCUT2D eigenvalue weighted by Crippen LogP contribution is -2.41.